The molecule has 0 fully saturated rings. The van der Waals surface area contributed by atoms with Crippen LogP contribution in [0, 0.1) is 6.92 Å². The predicted molar refractivity (Wildman–Crippen MR) is 80.2 cm³/mol. The Hall–Kier alpha value is -2.70. The molecule has 3 N–H and O–H groups in total. The van der Waals surface area contributed by atoms with Crippen molar-refractivity contribution in [2.45, 2.75) is 20.4 Å². The lowest BCUT2D eigenvalue weighted by Crippen LogP contribution is -2.28. The molecule has 2 rings (SSSR count). The average Bonchev–Trinajstić information content (AvgIpc) is 2.52. The third-order valence-corrected chi connectivity index (χ3v) is 3.07. The lowest BCUT2D eigenvalue weighted by molar-refractivity contribution is 0.318. The monoisotopic (exact) mass is 286 g/mol. The lowest BCUT2D eigenvalue weighted by atomic mass is 10.2. The Morgan fingerprint density at radius 2 is 2.19 bits per heavy atom. The number of pyridine rings is 1. The van der Waals surface area contributed by atoms with Crippen LogP contribution in [0.4, 0.5) is 5.82 Å². The summed E-state index contributed by atoms with van der Waals surface area (Å²) in [6.07, 6.45) is 1.51. The van der Waals surface area contributed by atoms with Crippen molar-refractivity contribution in [1.29, 1.82) is 0 Å². The van der Waals surface area contributed by atoms with E-state index in [0.29, 0.717) is 24.5 Å². The molecule has 0 aliphatic carbocycles. The summed E-state index contributed by atoms with van der Waals surface area (Å²) in [5.74, 6) is 0.578. The predicted octanol–water partition coefficient (Wildman–Crippen LogP) is 1.30. The fourth-order valence-electron chi connectivity index (χ4n) is 2.03. The van der Waals surface area contributed by atoms with Crippen LogP contribution in [0.15, 0.2) is 35.6 Å². The van der Waals surface area contributed by atoms with Gasteiger partial charge in [-0.25, -0.2) is 0 Å². The van der Waals surface area contributed by atoms with Gasteiger partial charge in [0, 0.05) is 12.2 Å². The van der Waals surface area contributed by atoms with Gasteiger partial charge in [0.1, 0.15) is 0 Å². The van der Waals surface area contributed by atoms with E-state index in [1.807, 2.05) is 36.9 Å². The van der Waals surface area contributed by atoms with Crippen LogP contribution in [0.5, 0.6) is 0 Å². The van der Waals surface area contributed by atoms with Gasteiger partial charge in [-0.05, 0) is 32.0 Å². The van der Waals surface area contributed by atoms with E-state index in [1.165, 1.54) is 6.20 Å². The lowest BCUT2D eigenvalue weighted by Gasteiger charge is -2.23. The molecular formula is C14H18N6O. The summed E-state index contributed by atoms with van der Waals surface area (Å²) in [6.45, 7) is 5.22. The van der Waals surface area contributed by atoms with E-state index >= 15 is 0 Å². The fourth-order valence-corrected chi connectivity index (χ4v) is 2.03. The summed E-state index contributed by atoms with van der Waals surface area (Å²) in [5, 5.41) is 19.9. The van der Waals surface area contributed by atoms with Crippen LogP contribution in [0.2, 0.25) is 0 Å². The fraction of sp³-hybridized carbons (Fsp3) is 0.286. The third-order valence-electron chi connectivity index (χ3n) is 3.07. The van der Waals surface area contributed by atoms with Crippen molar-refractivity contribution in [3.8, 4) is 0 Å². The van der Waals surface area contributed by atoms with Crippen LogP contribution in [0.25, 0.3) is 0 Å². The molecule has 7 heteroatoms. The number of hydrogen-bond acceptors (Lipinski definition) is 6. The minimum absolute atomic E-state index is 0.00977. The molecule has 0 saturated carbocycles. The van der Waals surface area contributed by atoms with E-state index in [2.05, 4.69) is 20.3 Å². The van der Waals surface area contributed by atoms with E-state index in [-0.39, 0.29) is 5.84 Å². The number of nitrogens with zero attached hydrogens (tertiary/aromatic N) is 5. The van der Waals surface area contributed by atoms with Crippen LogP contribution in [0.1, 0.15) is 23.9 Å². The van der Waals surface area contributed by atoms with Gasteiger partial charge in [-0.1, -0.05) is 11.2 Å². The standard InChI is InChI=1S/C14H18N6O/c1-3-20(9-11-6-4-5-10(2)17-11)14-12(13(15)19-21)7-8-16-18-14/h4-8,21H,3,9H2,1-2H3,(H2,15,19). The zero-order valence-electron chi connectivity index (χ0n) is 12.1. The minimum atomic E-state index is 0.00977. The minimum Gasteiger partial charge on any atom is -0.409 e. The molecule has 110 valence electrons. The second kappa shape index (κ2) is 6.65. The van der Waals surface area contributed by atoms with Crippen molar-refractivity contribution in [3.63, 3.8) is 0 Å². The Morgan fingerprint density at radius 3 is 2.86 bits per heavy atom. The molecule has 0 spiro atoms. The number of amidine groups is 1. The first-order chi connectivity index (χ1) is 10.2. The Labute approximate surface area is 123 Å². The van der Waals surface area contributed by atoms with Crippen molar-refractivity contribution in [2.75, 3.05) is 11.4 Å². The van der Waals surface area contributed by atoms with Crippen LogP contribution in [-0.4, -0.2) is 32.8 Å². The van der Waals surface area contributed by atoms with Gasteiger partial charge in [0.2, 0.25) is 0 Å². The van der Waals surface area contributed by atoms with Crippen LogP contribution in [-0.2, 0) is 6.54 Å². The third kappa shape index (κ3) is 3.44. The highest BCUT2D eigenvalue weighted by Gasteiger charge is 2.15. The maximum Gasteiger partial charge on any atom is 0.173 e. The number of oxime groups is 1. The summed E-state index contributed by atoms with van der Waals surface area (Å²) < 4.78 is 0. The largest absolute Gasteiger partial charge is 0.409 e. The summed E-state index contributed by atoms with van der Waals surface area (Å²) in [7, 11) is 0. The Morgan fingerprint density at radius 1 is 1.38 bits per heavy atom. The van der Waals surface area contributed by atoms with Crippen LogP contribution < -0.4 is 10.6 Å². The van der Waals surface area contributed by atoms with Gasteiger partial charge in [0.15, 0.2) is 11.7 Å². The quantitative estimate of drug-likeness (QED) is 0.372. The number of nitrogens with two attached hydrogens (primary N) is 1. The van der Waals surface area contributed by atoms with E-state index in [4.69, 9.17) is 10.9 Å². The molecule has 0 aliphatic rings. The first-order valence-electron chi connectivity index (χ1n) is 6.62. The first-order valence-corrected chi connectivity index (χ1v) is 6.62. The molecule has 21 heavy (non-hydrogen) atoms. The van der Waals surface area contributed by atoms with Crippen molar-refractivity contribution in [2.24, 2.45) is 10.9 Å². The summed E-state index contributed by atoms with van der Waals surface area (Å²) in [6, 6.07) is 7.54. The highest BCUT2D eigenvalue weighted by Crippen LogP contribution is 2.18. The molecule has 0 amide bonds. The smallest absolute Gasteiger partial charge is 0.173 e. The number of aryl methyl sites for hydroxylation is 1. The molecule has 0 unspecified atom stereocenters. The maximum absolute atomic E-state index is 8.88. The second-order valence-corrected chi connectivity index (χ2v) is 4.54. The Balaban J connectivity index is 2.34. The molecule has 2 heterocycles. The van der Waals surface area contributed by atoms with Gasteiger partial charge in [0.05, 0.1) is 24.0 Å². The van der Waals surface area contributed by atoms with Gasteiger partial charge in [-0.15, -0.1) is 5.10 Å². The van der Waals surface area contributed by atoms with Crippen molar-refractivity contribution < 1.29 is 5.21 Å². The van der Waals surface area contributed by atoms with E-state index in [9.17, 15) is 0 Å². The normalized spacial score (nSPS) is 11.4. The second-order valence-electron chi connectivity index (χ2n) is 4.54. The molecule has 2 aromatic rings. The average molecular weight is 286 g/mol. The molecule has 2 aromatic heterocycles. The van der Waals surface area contributed by atoms with E-state index in [1.54, 1.807) is 6.07 Å². The van der Waals surface area contributed by atoms with Gasteiger partial charge in [-0.3, -0.25) is 4.98 Å². The first kappa shape index (κ1) is 14.7. The van der Waals surface area contributed by atoms with E-state index < -0.39 is 0 Å². The zero-order valence-corrected chi connectivity index (χ0v) is 12.1. The summed E-state index contributed by atoms with van der Waals surface area (Å²) in [4.78, 5) is 6.45. The topological polar surface area (TPSA) is 101 Å². The van der Waals surface area contributed by atoms with Crippen LogP contribution >= 0.6 is 0 Å². The van der Waals surface area contributed by atoms with Gasteiger partial charge >= 0.3 is 0 Å². The maximum atomic E-state index is 8.88. The molecular weight excluding hydrogens is 268 g/mol. The number of hydrogen-bond donors (Lipinski definition) is 2. The van der Waals surface area contributed by atoms with Gasteiger partial charge < -0.3 is 15.8 Å². The molecule has 7 nitrogen and oxygen atoms in total. The van der Waals surface area contributed by atoms with Crippen molar-refractivity contribution >= 4 is 11.7 Å². The van der Waals surface area contributed by atoms with Crippen molar-refractivity contribution in [1.82, 2.24) is 15.2 Å². The molecule has 0 aromatic carbocycles. The van der Waals surface area contributed by atoms with Gasteiger partial charge in [-0.2, -0.15) is 5.10 Å². The number of rotatable bonds is 5. The molecule has 0 radical (unpaired) electrons. The van der Waals surface area contributed by atoms with Crippen molar-refractivity contribution in [3.05, 3.63) is 47.4 Å². The highest BCUT2D eigenvalue weighted by molar-refractivity contribution is 6.01. The molecule has 0 saturated heterocycles. The van der Waals surface area contributed by atoms with E-state index in [0.717, 1.165) is 11.4 Å². The summed E-state index contributed by atoms with van der Waals surface area (Å²) >= 11 is 0. The Bertz CT molecular complexity index is 643. The number of aromatic nitrogens is 3. The number of anilines is 1. The SMILES string of the molecule is CCN(Cc1cccc(C)n1)c1nnccc1/C(N)=N/O. The van der Waals surface area contributed by atoms with Crippen LogP contribution in [0.3, 0.4) is 0 Å². The molecule has 0 bridgehead atoms. The molecule has 0 atom stereocenters. The summed E-state index contributed by atoms with van der Waals surface area (Å²) in [5.41, 5.74) is 8.12. The molecule has 0 aliphatic heterocycles. The highest BCUT2D eigenvalue weighted by atomic mass is 16.4. The van der Waals surface area contributed by atoms with Gasteiger partial charge in [0.25, 0.3) is 0 Å². The zero-order chi connectivity index (χ0) is 15.2. The Kier molecular flexibility index (Phi) is 4.65.